The van der Waals surface area contributed by atoms with Crippen molar-refractivity contribution < 1.29 is 9.18 Å². The lowest BCUT2D eigenvalue weighted by Crippen LogP contribution is -2.34. The van der Waals surface area contributed by atoms with Gasteiger partial charge in [-0.25, -0.2) is 4.39 Å². The van der Waals surface area contributed by atoms with Crippen LogP contribution in [0.15, 0.2) is 60.7 Å². The molecule has 3 aromatic rings. The lowest BCUT2D eigenvalue weighted by Gasteiger charge is -2.24. The average Bonchev–Trinajstić information content (AvgIpc) is 3.06. The molecule has 0 spiro atoms. The fourth-order valence-electron chi connectivity index (χ4n) is 3.69. The predicted molar refractivity (Wildman–Crippen MR) is 103 cm³/mol. The first-order chi connectivity index (χ1) is 13.2. The molecule has 1 N–H and O–H groups in total. The number of halogens is 1. The fourth-order valence-corrected chi connectivity index (χ4v) is 3.69. The molecule has 0 radical (unpaired) electrons. The third-order valence-electron chi connectivity index (χ3n) is 5.18. The highest BCUT2D eigenvalue weighted by Gasteiger charge is 2.25. The van der Waals surface area contributed by atoms with E-state index in [-0.39, 0.29) is 11.7 Å². The second-order valence-corrected chi connectivity index (χ2v) is 7.03. The molecular weight excluding hydrogens is 341 g/mol. The summed E-state index contributed by atoms with van der Waals surface area (Å²) in [6.07, 6.45) is 3.22. The first-order valence-corrected chi connectivity index (χ1v) is 9.36. The van der Waals surface area contributed by atoms with Crippen molar-refractivity contribution in [2.45, 2.75) is 25.2 Å². The first-order valence-electron chi connectivity index (χ1n) is 9.36. The number of hydrogen-bond acceptors (Lipinski definition) is 2. The molecule has 1 aromatic heterocycles. The van der Waals surface area contributed by atoms with Crippen LogP contribution in [0.1, 0.15) is 41.2 Å². The van der Waals surface area contributed by atoms with Crippen molar-refractivity contribution in [2.75, 3.05) is 13.1 Å². The minimum absolute atomic E-state index is 0.0290. The molecule has 1 amide bonds. The molecule has 4 nitrogen and oxygen atoms in total. The van der Waals surface area contributed by atoms with Crippen LogP contribution < -0.4 is 0 Å². The van der Waals surface area contributed by atoms with Gasteiger partial charge in [0.05, 0.1) is 5.69 Å². The van der Waals surface area contributed by atoms with Crippen LogP contribution in [-0.4, -0.2) is 34.1 Å². The van der Waals surface area contributed by atoms with E-state index in [2.05, 4.69) is 34.5 Å². The van der Waals surface area contributed by atoms with Crippen molar-refractivity contribution in [3.8, 4) is 11.3 Å². The molecule has 1 aliphatic rings. The zero-order valence-electron chi connectivity index (χ0n) is 15.1. The summed E-state index contributed by atoms with van der Waals surface area (Å²) in [5, 5.41) is 7.09. The highest BCUT2D eigenvalue weighted by atomic mass is 19.1. The van der Waals surface area contributed by atoms with Gasteiger partial charge in [0, 0.05) is 24.6 Å². The summed E-state index contributed by atoms with van der Waals surface area (Å²) < 4.78 is 13.1. The Balaban J connectivity index is 1.52. The minimum Gasteiger partial charge on any atom is -0.337 e. The summed E-state index contributed by atoms with van der Waals surface area (Å²) in [5.74, 6) is 0.0398. The van der Waals surface area contributed by atoms with E-state index in [0.29, 0.717) is 23.9 Å². The fraction of sp³-hybridized carbons (Fsp3) is 0.273. The molecule has 138 valence electrons. The van der Waals surface area contributed by atoms with Gasteiger partial charge >= 0.3 is 0 Å². The molecule has 2 aromatic carbocycles. The maximum absolute atomic E-state index is 13.1. The van der Waals surface area contributed by atoms with E-state index < -0.39 is 0 Å². The Morgan fingerprint density at radius 3 is 2.63 bits per heavy atom. The van der Waals surface area contributed by atoms with E-state index in [1.54, 1.807) is 18.2 Å². The monoisotopic (exact) mass is 363 g/mol. The molecule has 0 aliphatic carbocycles. The Morgan fingerprint density at radius 2 is 1.85 bits per heavy atom. The Morgan fingerprint density at radius 1 is 1.07 bits per heavy atom. The Bertz CT molecular complexity index is 905. The second-order valence-electron chi connectivity index (χ2n) is 7.03. The maximum atomic E-state index is 13.1. The van der Waals surface area contributed by atoms with E-state index in [4.69, 9.17) is 0 Å². The highest BCUT2D eigenvalue weighted by molar-refractivity contribution is 5.93. The third-order valence-corrected chi connectivity index (χ3v) is 5.18. The van der Waals surface area contributed by atoms with Crippen LogP contribution in [0.2, 0.25) is 0 Å². The number of benzene rings is 2. The van der Waals surface area contributed by atoms with Gasteiger partial charge in [-0.2, -0.15) is 5.10 Å². The van der Waals surface area contributed by atoms with Crippen LogP contribution in [0, 0.1) is 5.82 Å². The van der Waals surface area contributed by atoms with Crippen molar-refractivity contribution >= 4 is 5.91 Å². The van der Waals surface area contributed by atoms with Crippen LogP contribution in [0.25, 0.3) is 11.3 Å². The molecule has 2 heterocycles. The molecule has 5 heteroatoms. The average molecular weight is 363 g/mol. The van der Waals surface area contributed by atoms with Crippen LogP contribution in [-0.2, 0) is 0 Å². The number of aromatic amines is 1. The lowest BCUT2D eigenvalue weighted by molar-refractivity contribution is 0.0748. The van der Waals surface area contributed by atoms with Crippen molar-refractivity contribution in [2.24, 2.45) is 0 Å². The van der Waals surface area contributed by atoms with E-state index >= 15 is 0 Å². The van der Waals surface area contributed by atoms with Gasteiger partial charge in [0.1, 0.15) is 11.5 Å². The number of H-pyrrole nitrogens is 1. The van der Waals surface area contributed by atoms with Crippen molar-refractivity contribution in [3.63, 3.8) is 0 Å². The number of rotatable bonds is 3. The first kappa shape index (κ1) is 17.5. The molecular formula is C22H22FN3O. The number of aromatic nitrogens is 2. The Hall–Kier alpha value is -2.95. The number of carbonyl (C=O) groups excluding carboxylic acids is 1. The van der Waals surface area contributed by atoms with Crippen molar-refractivity contribution in [1.29, 1.82) is 0 Å². The zero-order chi connectivity index (χ0) is 18.6. The third kappa shape index (κ3) is 3.92. The van der Waals surface area contributed by atoms with Crippen LogP contribution in [0.4, 0.5) is 4.39 Å². The molecule has 4 rings (SSSR count). The zero-order valence-corrected chi connectivity index (χ0v) is 15.1. The number of nitrogens with zero attached hydrogens (tertiary/aromatic N) is 2. The van der Waals surface area contributed by atoms with Crippen LogP contribution in [0.5, 0.6) is 0 Å². The Kier molecular flexibility index (Phi) is 5.01. The van der Waals surface area contributed by atoms with Gasteiger partial charge in [-0.3, -0.25) is 9.89 Å². The minimum atomic E-state index is -0.290. The normalized spacial score (nSPS) is 17.5. The molecule has 1 saturated heterocycles. The molecule has 1 atom stereocenters. The lowest BCUT2D eigenvalue weighted by atomic mass is 9.94. The van der Waals surface area contributed by atoms with Gasteiger partial charge in [-0.15, -0.1) is 0 Å². The van der Waals surface area contributed by atoms with Gasteiger partial charge in [0.15, 0.2) is 0 Å². The SMILES string of the molecule is O=C(c1cc(-c2ccc(F)cc2)n[nH]1)N1CCCC[C@H](c2ccccc2)C1. The summed E-state index contributed by atoms with van der Waals surface area (Å²) in [6.45, 7) is 1.47. The van der Waals surface area contributed by atoms with E-state index in [1.165, 1.54) is 17.7 Å². The van der Waals surface area contributed by atoms with Crippen molar-refractivity contribution in [3.05, 3.63) is 77.7 Å². The van der Waals surface area contributed by atoms with Gasteiger partial charge < -0.3 is 4.90 Å². The largest absolute Gasteiger partial charge is 0.337 e. The summed E-state index contributed by atoms with van der Waals surface area (Å²) in [5.41, 5.74) is 3.19. The summed E-state index contributed by atoms with van der Waals surface area (Å²) >= 11 is 0. The van der Waals surface area contributed by atoms with E-state index in [1.807, 2.05) is 11.0 Å². The number of nitrogens with one attached hydrogen (secondary N) is 1. The van der Waals surface area contributed by atoms with Gasteiger partial charge in [-0.05, 0) is 48.7 Å². The predicted octanol–water partition coefficient (Wildman–Crippen LogP) is 4.63. The molecule has 0 bridgehead atoms. The summed E-state index contributed by atoms with van der Waals surface area (Å²) in [7, 11) is 0. The van der Waals surface area contributed by atoms with Crippen LogP contribution >= 0.6 is 0 Å². The molecule has 0 saturated carbocycles. The van der Waals surface area contributed by atoms with E-state index in [0.717, 1.165) is 31.4 Å². The number of hydrogen-bond donors (Lipinski definition) is 1. The smallest absolute Gasteiger partial charge is 0.271 e. The van der Waals surface area contributed by atoms with Gasteiger partial charge in [0.25, 0.3) is 5.91 Å². The van der Waals surface area contributed by atoms with Gasteiger partial charge in [-0.1, -0.05) is 36.8 Å². The van der Waals surface area contributed by atoms with Gasteiger partial charge in [0.2, 0.25) is 0 Å². The highest BCUT2D eigenvalue weighted by Crippen LogP contribution is 2.27. The number of likely N-dealkylation sites (tertiary alicyclic amines) is 1. The molecule has 0 unspecified atom stereocenters. The maximum Gasteiger partial charge on any atom is 0.271 e. The van der Waals surface area contributed by atoms with Crippen LogP contribution in [0.3, 0.4) is 0 Å². The van der Waals surface area contributed by atoms with E-state index in [9.17, 15) is 9.18 Å². The van der Waals surface area contributed by atoms with Crippen molar-refractivity contribution in [1.82, 2.24) is 15.1 Å². The standard InChI is InChI=1S/C22H22FN3O/c23-19-11-9-17(10-12-19)20-14-21(25-24-20)22(27)26-13-5-4-8-18(15-26)16-6-2-1-3-7-16/h1-3,6-7,9-12,14,18H,4-5,8,13,15H2,(H,24,25)/t18-/m0/s1. The molecule has 1 fully saturated rings. The topological polar surface area (TPSA) is 49.0 Å². The second kappa shape index (κ2) is 7.74. The quantitative estimate of drug-likeness (QED) is 0.738. The number of amides is 1. The molecule has 27 heavy (non-hydrogen) atoms. The summed E-state index contributed by atoms with van der Waals surface area (Å²) in [6, 6.07) is 18.3. The Labute approximate surface area is 158 Å². The summed E-state index contributed by atoms with van der Waals surface area (Å²) in [4.78, 5) is 14.9. The molecule has 1 aliphatic heterocycles. The number of carbonyl (C=O) groups is 1.